The van der Waals surface area contributed by atoms with Crippen LogP contribution in [0.2, 0.25) is 5.15 Å². The SMILES string of the molecule is CS(=O)(=O)CCCNc1cnnc(Cl)c1. The Morgan fingerprint density at radius 2 is 2.27 bits per heavy atom. The molecule has 0 spiro atoms. The van der Waals surface area contributed by atoms with Gasteiger partial charge in [-0.2, -0.15) is 5.10 Å². The van der Waals surface area contributed by atoms with E-state index in [9.17, 15) is 8.42 Å². The third-order valence-corrected chi connectivity index (χ3v) is 2.86. The lowest BCUT2D eigenvalue weighted by Crippen LogP contribution is -2.09. The molecule has 0 atom stereocenters. The van der Waals surface area contributed by atoms with Crippen LogP contribution in [0.15, 0.2) is 12.3 Å². The molecule has 0 aliphatic carbocycles. The molecule has 0 bridgehead atoms. The van der Waals surface area contributed by atoms with Gasteiger partial charge >= 0.3 is 0 Å². The molecule has 15 heavy (non-hydrogen) atoms. The lowest BCUT2D eigenvalue weighted by Gasteiger charge is -2.04. The number of aromatic nitrogens is 2. The van der Waals surface area contributed by atoms with E-state index < -0.39 is 9.84 Å². The van der Waals surface area contributed by atoms with E-state index in [1.807, 2.05) is 0 Å². The largest absolute Gasteiger partial charge is 0.384 e. The molecule has 0 aromatic carbocycles. The van der Waals surface area contributed by atoms with Gasteiger partial charge in [-0.15, -0.1) is 5.10 Å². The van der Waals surface area contributed by atoms with Crippen molar-refractivity contribution in [3.63, 3.8) is 0 Å². The number of anilines is 1. The maximum absolute atomic E-state index is 10.8. The second-order valence-corrected chi connectivity index (χ2v) is 5.82. The number of halogens is 1. The topological polar surface area (TPSA) is 72.0 Å². The van der Waals surface area contributed by atoms with Gasteiger partial charge in [0.1, 0.15) is 9.84 Å². The molecule has 0 saturated heterocycles. The maximum atomic E-state index is 10.8. The lowest BCUT2D eigenvalue weighted by molar-refractivity contribution is 0.600. The average molecular weight is 250 g/mol. The summed E-state index contributed by atoms with van der Waals surface area (Å²) in [4.78, 5) is 0. The average Bonchev–Trinajstić information content (AvgIpc) is 2.11. The Bertz CT molecular complexity index is 422. The highest BCUT2D eigenvalue weighted by Gasteiger charge is 2.01. The van der Waals surface area contributed by atoms with Crippen molar-refractivity contribution in [1.29, 1.82) is 0 Å². The Hall–Kier alpha value is -0.880. The number of nitrogens with zero attached hydrogens (tertiary/aromatic N) is 2. The monoisotopic (exact) mass is 249 g/mol. The van der Waals surface area contributed by atoms with Crippen LogP contribution in [0.5, 0.6) is 0 Å². The van der Waals surface area contributed by atoms with Crippen LogP contribution < -0.4 is 5.32 Å². The van der Waals surface area contributed by atoms with Crippen molar-refractivity contribution in [3.05, 3.63) is 17.4 Å². The summed E-state index contributed by atoms with van der Waals surface area (Å²) in [6, 6.07) is 1.63. The van der Waals surface area contributed by atoms with Crippen LogP contribution in [-0.4, -0.2) is 37.2 Å². The summed E-state index contributed by atoms with van der Waals surface area (Å²) in [5, 5.41) is 10.6. The van der Waals surface area contributed by atoms with Crippen LogP contribution in [0.4, 0.5) is 5.69 Å². The van der Waals surface area contributed by atoms with E-state index in [2.05, 4.69) is 15.5 Å². The van der Waals surface area contributed by atoms with Crippen molar-refractivity contribution < 1.29 is 8.42 Å². The molecule has 0 aliphatic heterocycles. The molecule has 0 unspecified atom stereocenters. The molecule has 1 rings (SSSR count). The van der Waals surface area contributed by atoms with Crippen molar-refractivity contribution in [1.82, 2.24) is 10.2 Å². The van der Waals surface area contributed by atoms with E-state index in [0.29, 0.717) is 18.1 Å². The van der Waals surface area contributed by atoms with Crippen LogP contribution in [0, 0.1) is 0 Å². The quantitative estimate of drug-likeness (QED) is 0.788. The Morgan fingerprint density at radius 3 is 2.87 bits per heavy atom. The van der Waals surface area contributed by atoms with Crippen molar-refractivity contribution in [2.45, 2.75) is 6.42 Å². The fraction of sp³-hybridized carbons (Fsp3) is 0.500. The number of sulfone groups is 1. The summed E-state index contributed by atoms with van der Waals surface area (Å²) in [5.74, 6) is 0.173. The molecule has 0 aliphatic rings. The van der Waals surface area contributed by atoms with E-state index in [0.717, 1.165) is 5.69 Å². The molecule has 84 valence electrons. The van der Waals surface area contributed by atoms with Crippen LogP contribution in [0.3, 0.4) is 0 Å². The zero-order chi connectivity index (χ0) is 11.3. The smallest absolute Gasteiger partial charge is 0.153 e. The highest BCUT2D eigenvalue weighted by molar-refractivity contribution is 7.90. The van der Waals surface area contributed by atoms with Gasteiger partial charge in [-0.3, -0.25) is 0 Å². The van der Waals surface area contributed by atoms with Gasteiger partial charge < -0.3 is 5.32 Å². The Balaban J connectivity index is 2.32. The van der Waals surface area contributed by atoms with Gasteiger partial charge in [0.2, 0.25) is 0 Å². The lowest BCUT2D eigenvalue weighted by atomic mass is 10.4. The molecule has 0 amide bonds. The summed E-state index contributed by atoms with van der Waals surface area (Å²) in [6.45, 7) is 0.565. The first-order valence-electron chi connectivity index (χ1n) is 4.37. The number of rotatable bonds is 5. The normalized spacial score (nSPS) is 11.3. The van der Waals surface area contributed by atoms with Crippen LogP contribution in [0.25, 0.3) is 0 Å². The fourth-order valence-electron chi connectivity index (χ4n) is 1.00. The Labute approximate surface area is 93.8 Å². The standard InChI is InChI=1S/C8H12ClN3O2S/c1-15(13,14)4-2-3-10-7-5-8(9)12-11-6-7/h5-6H,2-4H2,1H3,(H,10,12). The number of hydrogen-bond acceptors (Lipinski definition) is 5. The Morgan fingerprint density at radius 1 is 1.53 bits per heavy atom. The van der Waals surface area contributed by atoms with Crippen LogP contribution in [0.1, 0.15) is 6.42 Å². The summed E-state index contributed by atoms with van der Waals surface area (Å²) < 4.78 is 21.7. The molecule has 1 aromatic heterocycles. The predicted octanol–water partition coefficient (Wildman–Crippen LogP) is 0.977. The second kappa shape index (κ2) is 5.27. The summed E-state index contributed by atoms with van der Waals surface area (Å²) in [5.41, 5.74) is 0.739. The van der Waals surface area contributed by atoms with Crippen molar-refractivity contribution >= 4 is 27.1 Å². The van der Waals surface area contributed by atoms with Gasteiger partial charge in [0.25, 0.3) is 0 Å². The van der Waals surface area contributed by atoms with E-state index in [1.165, 1.54) is 12.5 Å². The molecule has 1 heterocycles. The zero-order valence-electron chi connectivity index (χ0n) is 8.27. The first-order valence-corrected chi connectivity index (χ1v) is 6.81. The maximum Gasteiger partial charge on any atom is 0.153 e. The van der Waals surface area contributed by atoms with Crippen LogP contribution in [-0.2, 0) is 9.84 Å². The summed E-state index contributed by atoms with van der Waals surface area (Å²) in [7, 11) is -2.88. The van der Waals surface area contributed by atoms with E-state index in [4.69, 9.17) is 11.6 Å². The predicted molar refractivity (Wildman–Crippen MR) is 59.9 cm³/mol. The summed E-state index contributed by atoms with van der Waals surface area (Å²) in [6.07, 6.45) is 3.31. The molecular formula is C8H12ClN3O2S. The number of hydrogen-bond donors (Lipinski definition) is 1. The third kappa shape index (κ3) is 5.54. The van der Waals surface area contributed by atoms with E-state index >= 15 is 0 Å². The van der Waals surface area contributed by atoms with Crippen LogP contribution >= 0.6 is 11.6 Å². The fourth-order valence-corrected chi connectivity index (χ4v) is 1.83. The molecule has 0 saturated carbocycles. The minimum absolute atomic E-state index is 0.173. The Kier molecular flexibility index (Phi) is 4.28. The first kappa shape index (κ1) is 12.2. The third-order valence-electron chi connectivity index (χ3n) is 1.65. The van der Waals surface area contributed by atoms with Gasteiger partial charge in [0.05, 0.1) is 17.6 Å². The van der Waals surface area contributed by atoms with E-state index in [-0.39, 0.29) is 5.75 Å². The molecule has 0 radical (unpaired) electrons. The van der Waals surface area contributed by atoms with Gasteiger partial charge in [-0.05, 0) is 6.42 Å². The molecule has 1 N–H and O–H groups in total. The molecule has 5 nitrogen and oxygen atoms in total. The van der Waals surface area contributed by atoms with E-state index in [1.54, 1.807) is 6.07 Å². The minimum atomic E-state index is -2.88. The summed E-state index contributed by atoms with van der Waals surface area (Å²) >= 11 is 5.62. The number of nitrogens with one attached hydrogen (secondary N) is 1. The molecule has 0 fully saturated rings. The zero-order valence-corrected chi connectivity index (χ0v) is 9.85. The van der Waals surface area contributed by atoms with Gasteiger partial charge in [-0.1, -0.05) is 11.6 Å². The van der Waals surface area contributed by atoms with Gasteiger partial charge in [0, 0.05) is 18.9 Å². The van der Waals surface area contributed by atoms with Gasteiger partial charge in [-0.25, -0.2) is 8.42 Å². The molecular weight excluding hydrogens is 238 g/mol. The highest BCUT2D eigenvalue weighted by Crippen LogP contribution is 2.09. The molecule has 7 heteroatoms. The highest BCUT2D eigenvalue weighted by atomic mass is 35.5. The minimum Gasteiger partial charge on any atom is -0.384 e. The van der Waals surface area contributed by atoms with Gasteiger partial charge in [0.15, 0.2) is 5.15 Å². The van der Waals surface area contributed by atoms with Crippen molar-refractivity contribution in [3.8, 4) is 0 Å². The van der Waals surface area contributed by atoms with Crippen molar-refractivity contribution in [2.24, 2.45) is 0 Å². The second-order valence-electron chi connectivity index (χ2n) is 3.18. The van der Waals surface area contributed by atoms with Crippen molar-refractivity contribution in [2.75, 3.05) is 23.9 Å². The molecule has 1 aromatic rings. The first-order chi connectivity index (χ1) is 6.97.